The van der Waals surface area contributed by atoms with Crippen LogP contribution in [-0.2, 0) is 4.74 Å². The lowest BCUT2D eigenvalue weighted by molar-refractivity contribution is 0.0526. The summed E-state index contributed by atoms with van der Waals surface area (Å²) < 4.78 is 10.5. The Bertz CT molecular complexity index is 581. The number of fused-ring (bicyclic) bond motifs is 1. The smallest absolute Gasteiger partial charge is 0.342 e. The van der Waals surface area contributed by atoms with Crippen LogP contribution in [0.2, 0.25) is 0 Å². The molecule has 0 fully saturated rings. The largest absolute Gasteiger partial charge is 0.508 e. The Labute approximate surface area is 98.8 Å². The summed E-state index contributed by atoms with van der Waals surface area (Å²) in [5.41, 5.74) is 1.79. The van der Waals surface area contributed by atoms with Crippen LogP contribution in [0.15, 0.2) is 16.5 Å². The van der Waals surface area contributed by atoms with Crippen LogP contribution in [0, 0.1) is 13.8 Å². The fourth-order valence-corrected chi connectivity index (χ4v) is 1.93. The summed E-state index contributed by atoms with van der Waals surface area (Å²) in [4.78, 5) is 11.8. The first kappa shape index (κ1) is 11.5. The zero-order valence-electron chi connectivity index (χ0n) is 10.0. The number of rotatable bonds is 2. The topological polar surface area (TPSA) is 59.7 Å². The molecule has 0 unspecified atom stereocenters. The summed E-state index contributed by atoms with van der Waals surface area (Å²) in [6.45, 7) is 5.59. The number of hydrogen-bond donors (Lipinski definition) is 1. The number of aryl methyl sites for hydroxylation is 2. The molecule has 17 heavy (non-hydrogen) atoms. The number of phenols is 1. The first-order valence-corrected chi connectivity index (χ1v) is 5.44. The van der Waals surface area contributed by atoms with Crippen molar-refractivity contribution in [2.24, 2.45) is 0 Å². The van der Waals surface area contributed by atoms with Crippen LogP contribution in [0.25, 0.3) is 11.0 Å². The van der Waals surface area contributed by atoms with Crippen LogP contribution in [0.3, 0.4) is 0 Å². The molecule has 0 bridgehead atoms. The van der Waals surface area contributed by atoms with Gasteiger partial charge in [0.2, 0.25) is 0 Å². The predicted octanol–water partition coefficient (Wildman–Crippen LogP) is 2.93. The molecule has 1 heterocycles. The second-order valence-corrected chi connectivity index (χ2v) is 3.89. The Morgan fingerprint density at radius 2 is 2.12 bits per heavy atom. The second kappa shape index (κ2) is 4.13. The van der Waals surface area contributed by atoms with Crippen molar-refractivity contribution in [3.05, 3.63) is 29.0 Å². The van der Waals surface area contributed by atoms with Gasteiger partial charge in [0.15, 0.2) is 0 Å². The molecule has 0 saturated heterocycles. The van der Waals surface area contributed by atoms with E-state index in [1.54, 1.807) is 19.9 Å². The van der Waals surface area contributed by atoms with E-state index in [1.165, 1.54) is 6.07 Å². The van der Waals surface area contributed by atoms with E-state index in [9.17, 15) is 9.90 Å². The third kappa shape index (κ3) is 1.86. The minimum absolute atomic E-state index is 0.112. The van der Waals surface area contributed by atoms with Gasteiger partial charge in [-0.05, 0) is 38.5 Å². The van der Waals surface area contributed by atoms with Gasteiger partial charge in [-0.15, -0.1) is 0 Å². The highest BCUT2D eigenvalue weighted by Gasteiger charge is 2.20. The number of hydrogen-bond acceptors (Lipinski definition) is 4. The van der Waals surface area contributed by atoms with E-state index in [0.29, 0.717) is 28.9 Å². The van der Waals surface area contributed by atoms with E-state index >= 15 is 0 Å². The van der Waals surface area contributed by atoms with E-state index in [4.69, 9.17) is 9.15 Å². The molecule has 4 heteroatoms. The van der Waals surface area contributed by atoms with Gasteiger partial charge in [-0.25, -0.2) is 4.79 Å². The zero-order valence-corrected chi connectivity index (χ0v) is 10.0. The van der Waals surface area contributed by atoms with Crippen molar-refractivity contribution < 1.29 is 19.1 Å². The Balaban J connectivity index is 2.70. The summed E-state index contributed by atoms with van der Waals surface area (Å²) in [5, 5.41) is 10.2. The molecule has 90 valence electrons. The van der Waals surface area contributed by atoms with Gasteiger partial charge >= 0.3 is 5.97 Å². The molecule has 2 rings (SSSR count). The molecule has 4 nitrogen and oxygen atoms in total. The van der Waals surface area contributed by atoms with Crippen molar-refractivity contribution in [1.82, 2.24) is 0 Å². The van der Waals surface area contributed by atoms with Crippen LogP contribution < -0.4 is 0 Å². The quantitative estimate of drug-likeness (QED) is 0.811. The van der Waals surface area contributed by atoms with Gasteiger partial charge in [0.05, 0.1) is 6.61 Å². The third-order valence-electron chi connectivity index (χ3n) is 2.62. The van der Waals surface area contributed by atoms with Crippen molar-refractivity contribution in [2.75, 3.05) is 6.61 Å². The van der Waals surface area contributed by atoms with E-state index < -0.39 is 5.97 Å². The minimum atomic E-state index is -0.422. The first-order chi connectivity index (χ1) is 8.04. The highest BCUT2D eigenvalue weighted by atomic mass is 16.5. The van der Waals surface area contributed by atoms with Crippen molar-refractivity contribution in [1.29, 1.82) is 0 Å². The highest BCUT2D eigenvalue weighted by Crippen LogP contribution is 2.31. The summed E-state index contributed by atoms with van der Waals surface area (Å²) in [6, 6.07) is 3.12. The third-order valence-corrected chi connectivity index (χ3v) is 2.62. The van der Waals surface area contributed by atoms with Crippen LogP contribution in [0.5, 0.6) is 5.75 Å². The lowest BCUT2D eigenvalue weighted by Gasteiger charge is -2.01. The van der Waals surface area contributed by atoms with Gasteiger partial charge in [0.25, 0.3) is 0 Å². The Morgan fingerprint density at radius 1 is 1.41 bits per heavy atom. The molecular formula is C13H14O4. The standard InChI is InChI=1S/C13H14O4/c1-4-16-13(15)11-8(3)17-12-7(2)5-9(14)6-10(11)12/h5-6,14H,4H2,1-3H3. The molecule has 1 N–H and O–H groups in total. The fourth-order valence-electron chi connectivity index (χ4n) is 1.93. The average molecular weight is 234 g/mol. The molecule has 1 aromatic heterocycles. The van der Waals surface area contributed by atoms with Crippen molar-refractivity contribution in [3.8, 4) is 5.75 Å². The number of ether oxygens (including phenoxy) is 1. The SMILES string of the molecule is CCOC(=O)c1c(C)oc2c(C)cc(O)cc12. The molecule has 1 aromatic carbocycles. The maximum atomic E-state index is 11.8. The maximum absolute atomic E-state index is 11.8. The molecular weight excluding hydrogens is 220 g/mol. The number of phenolic OH excluding ortho intramolecular Hbond substituents is 1. The lowest BCUT2D eigenvalue weighted by atomic mass is 10.1. The van der Waals surface area contributed by atoms with Crippen LogP contribution in [-0.4, -0.2) is 17.7 Å². The lowest BCUT2D eigenvalue weighted by Crippen LogP contribution is -2.05. The Morgan fingerprint density at radius 3 is 2.76 bits per heavy atom. The maximum Gasteiger partial charge on any atom is 0.342 e. The molecule has 0 saturated carbocycles. The van der Waals surface area contributed by atoms with Crippen molar-refractivity contribution in [2.45, 2.75) is 20.8 Å². The number of aromatic hydroxyl groups is 1. The first-order valence-electron chi connectivity index (χ1n) is 5.44. The minimum Gasteiger partial charge on any atom is -0.508 e. The molecule has 0 aliphatic carbocycles. The van der Waals surface area contributed by atoms with Crippen LogP contribution in [0.1, 0.15) is 28.6 Å². The predicted molar refractivity (Wildman–Crippen MR) is 63.3 cm³/mol. The summed E-state index contributed by atoms with van der Waals surface area (Å²) in [7, 11) is 0. The number of esters is 1. The Hall–Kier alpha value is -1.97. The molecule has 0 aliphatic heterocycles. The highest BCUT2D eigenvalue weighted by molar-refractivity contribution is 6.05. The molecule has 2 aromatic rings. The van der Waals surface area contributed by atoms with Gasteiger partial charge < -0.3 is 14.3 Å². The molecule has 0 aliphatic rings. The Kier molecular flexibility index (Phi) is 2.79. The zero-order chi connectivity index (χ0) is 12.6. The average Bonchev–Trinajstić information content (AvgIpc) is 2.55. The van der Waals surface area contributed by atoms with Gasteiger partial charge in [0.1, 0.15) is 22.7 Å². The van der Waals surface area contributed by atoms with Crippen LogP contribution in [0.4, 0.5) is 0 Å². The molecule has 0 amide bonds. The molecule has 0 atom stereocenters. The number of carbonyl (C=O) groups is 1. The molecule has 0 spiro atoms. The number of carbonyl (C=O) groups excluding carboxylic acids is 1. The summed E-state index contributed by atoms with van der Waals surface area (Å²) >= 11 is 0. The van der Waals surface area contributed by atoms with Gasteiger partial charge in [-0.3, -0.25) is 0 Å². The summed E-state index contributed by atoms with van der Waals surface area (Å²) in [6.07, 6.45) is 0. The van der Waals surface area contributed by atoms with Gasteiger partial charge in [-0.1, -0.05) is 0 Å². The van der Waals surface area contributed by atoms with Crippen molar-refractivity contribution in [3.63, 3.8) is 0 Å². The second-order valence-electron chi connectivity index (χ2n) is 3.89. The van der Waals surface area contributed by atoms with E-state index in [0.717, 1.165) is 5.56 Å². The molecule has 0 radical (unpaired) electrons. The fraction of sp³-hybridized carbons (Fsp3) is 0.308. The number of furan rings is 1. The van der Waals surface area contributed by atoms with Gasteiger partial charge in [-0.2, -0.15) is 0 Å². The monoisotopic (exact) mass is 234 g/mol. The van der Waals surface area contributed by atoms with E-state index in [1.807, 2.05) is 6.92 Å². The summed E-state index contributed by atoms with van der Waals surface area (Å²) in [5.74, 6) is 0.197. The van der Waals surface area contributed by atoms with Crippen LogP contribution >= 0.6 is 0 Å². The normalized spacial score (nSPS) is 10.8. The van der Waals surface area contributed by atoms with Gasteiger partial charge in [0, 0.05) is 5.39 Å². The van der Waals surface area contributed by atoms with E-state index in [2.05, 4.69) is 0 Å². The number of benzene rings is 1. The van der Waals surface area contributed by atoms with E-state index in [-0.39, 0.29) is 5.75 Å². The van der Waals surface area contributed by atoms with Crippen molar-refractivity contribution >= 4 is 16.9 Å².